The van der Waals surface area contributed by atoms with E-state index < -0.39 is 27.8 Å². The number of ketones is 1. The highest BCUT2D eigenvalue weighted by molar-refractivity contribution is 7.89. The van der Waals surface area contributed by atoms with Gasteiger partial charge in [0, 0.05) is 57.2 Å². The number of aliphatic hydroxyl groups is 1. The molecule has 3 fully saturated rings. The van der Waals surface area contributed by atoms with E-state index in [0.29, 0.717) is 38.5 Å². The molecule has 12 heteroatoms. The van der Waals surface area contributed by atoms with Crippen molar-refractivity contribution >= 4 is 27.5 Å². The van der Waals surface area contributed by atoms with Crippen LogP contribution in [0.25, 0.3) is 5.76 Å². The summed E-state index contributed by atoms with van der Waals surface area (Å²) >= 11 is 0. The molecule has 11 nitrogen and oxygen atoms in total. The molecule has 2 aromatic rings. The number of sulfonamides is 1. The van der Waals surface area contributed by atoms with Crippen LogP contribution in [0.2, 0.25) is 0 Å². The van der Waals surface area contributed by atoms with Crippen molar-refractivity contribution in [1.29, 1.82) is 0 Å². The van der Waals surface area contributed by atoms with Gasteiger partial charge in [0.15, 0.2) is 0 Å². The SMILES string of the molecule is O=C1C(=O)N(CCN2CCOCC2)[C@H](c2cccnc2)C1=C(O)c1ccc(S(=O)(=O)N2CCOCC2)cc1. The molecule has 0 saturated carbocycles. The van der Waals surface area contributed by atoms with Gasteiger partial charge in [-0.1, -0.05) is 6.07 Å². The third-order valence-electron chi connectivity index (χ3n) is 7.04. The van der Waals surface area contributed by atoms with Crippen molar-refractivity contribution in [1.82, 2.24) is 19.1 Å². The third kappa shape index (κ3) is 5.22. The fourth-order valence-electron chi connectivity index (χ4n) is 4.95. The summed E-state index contributed by atoms with van der Waals surface area (Å²) in [6.07, 6.45) is 3.17. The molecule has 3 aliphatic heterocycles. The maximum atomic E-state index is 13.2. The lowest BCUT2D eigenvalue weighted by Gasteiger charge is -2.30. The normalized spacial score (nSPS) is 23.2. The molecule has 1 N–H and O–H groups in total. The standard InChI is InChI=1S/C26H30N4O7S/c31-24(19-3-5-21(6-4-19)38(34,35)29-12-16-37-17-13-29)22-23(20-2-1-7-27-18-20)30(26(33)25(22)32)9-8-28-10-14-36-15-11-28/h1-7,18,23,31H,8-17H2/t23-/m1/s1. The van der Waals surface area contributed by atoms with Gasteiger partial charge < -0.3 is 19.5 Å². The predicted molar refractivity (Wildman–Crippen MR) is 137 cm³/mol. The molecule has 38 heavy (non-hydrogen) atoms. The number of hydrogen-bond donors (Lipinski definition) is 1. The number of carbonyl (C=O) groups excluding carboxylic acids is 2. The minimum atomic E-state index is -3.72. The minimum absolute atomic E-state index is 0.0474. The summed E-state index contributed by atoms with van der Waals surface area (Å²) in [5, 5.41) is 11.3. The number of pyridine rings is 1. The molecule has 1 atom stereocenters. The van der Waals surface area contributed by atoms with Crippen LogP contribution >= 0.6 is 0 Å². The molecule has 0 bridgehead atoms. The number of rotatable bonds is 7. The van der Waals surface area contributed by atoms with E-state index in [9.17, 15) is 23.1 Å². The zero-order valence-corrected chi connectivity index (χ0v) is 21.7. The first-order chi connectivity index (χ1) is 18.4. The molecule has 0 unspecified atom stereocenters. The fourth-order valence-corrected chi connectivity index (χ4v) is 6.35. The Labute approximate surface area is 221 Å². The first kappa shape index (κ1) is 26.4. The van der Waals surface area contributed by atoms with Crippen molar-refractivity contribution in [2.45, 2.75) is 10.9 Å². The Morgan fingerprint density at radius 2 is 1.61 bits per heavy atom. The van der Waals surface area contributed by atoms with Crippen LogP contribution in [-0.2, 0) is 29.1 Å². The summed E-state index contributed by atoms with van der Waals surface area (Å²) in [4.78, 5) is 34.2. The molecule has 3 aliphatic rings. The van der Waals surface area contributed by atoms with Crippen LogP contribution in [0, 0.1) is 0 Å². The summed E-state index contributed by atoms with van der Waals surface area (Å²) < 4.78 is 37.9. The lowest BCUT2D eigenvalue weighted by molar-refractivity contribution is -0.140. The molecular formula is C26H30N4O7S. The van der Waals surface area contributed by atoms with Gasteiger partial charge in [0.05, 0.1) is 42.9 Å². The van der Waals surface area contributed by atoms with Crippen LogP contribution in [0.4, 0.5) is 0 Å². The van der Waals surface area contributed by atoms with Crippen LogP contribution in [0.1, 0.15) is 17.2 Å². The first-order valence-electron chi connectivity index (χ1n) is 12.5. The Balaban J connectivity index is 1.46. The lowest BCUT2D eigenvalue weighted by Crippen LogP contribution is -2.42. The monoisotopic (exact) mass is 542 g/mol. The number of benzene rings is 1. The van der Waals surface area contributed by atoms with Gasteiger partial charge in [0.25, 0.3) is 11.7 Å². The minimum Gasteiger partial charge on any atom is -0.507 e. The summed E-state index contributed by atoms with van der Waals surface area (Å²) in [7, 11) is -3.72. The van der Waals surface area contributed by atoms with Gasteiger partial charge in [0.1, 0.15) is 5.76 Å². The number of carbonyl (C=O) groups is 2. The summed E-state index contributed by atoms with van der Waals surface area (Å²) in [6.45, 7) is 4.74. The molecule has 0 spiro atoms. The number of aromatic nitrogens is 1. The van der Waals surface area contributed by atoms with E-state index in [-0.39, 0.29) is 41.4 Å². The highest BCUT2D eigenvalue weighted by Crippen LogP contribution is 2.39. The number of Topliss-reactive ketones (excluding diaryl/α,β-unsaturated/α-hetero) is 1. The Morgan fingerprint density at radius 1 is 0.947 bits per heavy atom. The number of ether oxygens (including phenoxy) is 2. The van der Waals surface area contributed by atoms with E-state index in [1.54, 1.807) is 24.5 Å². The number of nitrogens with zero attached hydrogens (tertiary/aromatic N) is 4. The average Bonchev–Trinajstić information content (AvgIpc) is 3.22. The Bertz CT molecular complexity index is 1300. The van der Waals surface area contributed by atoms with Crippen molar-refractivity contribution in [3.05, 3.63) is 65.5 Å². The number of hydrogen-bond acceptors (Lipinski definition) is 9. The van der Waals surface area contributed by atoms with Crippen molar-refractivity contribution in [3.63, 3.8) is 0 Å². The second kappa shape index (κ2) is 11.3. The van der Waals surface area contributed by atoms with Gasteiger partial charge >= 0.3 is 0 Å². The number of amides is 1. The molecule has 1 amide bonds. The second-order valence-electron chi connectivity index (χ2n) is 9.27. The Kier molecular flexibility index (Phi) is 7.86. The molecule has 0 radical (unpaired) electrons. The van der Waals surface area contributed by atoms with Gasteiger partial charge in [-0.2, -0.15) is 4.31 Å². The highest BCUT2D eigenvalue weighted by atomic mass is 32.2. The van der Waals surface area contributed by atoms with Crippen LogP contribution < -0.4 is 0 Å². The molecule has 5 rings (SSSR count). The average molecular weight is 543 g/mol. The summed E-state index contributed by atoms with van der Waals surface area (Å²) in [6, 6.07) is 8.34. The van der Waals surface area contributed by atoms with Crippen LogP contribution in [-0.4, -0.2) is 110 Å². The highest BCUT2D eigenvalue weighted by Gasteiger charge is 2.46. The van der Waals surface area contributed by atoms with Gasteiger partial charge in [-0.15, -0.1) is 0 Å². The van der Waals surface area contributed by atoms with Crippen LogP contribution in [0.3, 0.4) is 0 Å². The van der Waals surface area contributed by atoms with Gasteiger partial charge in [-0.3, -0.25) is 19.5 Å². The van der Waals surface area contributed by atoms with E-state index >= 15 is 0 Å². The topological polar surface area (TPSA) is 130 Å². The van der Waals surface area contributed by atoms with Gasteiger partial charge in [-0.25, -0.2) is 8.42 Å². The molecule has 1 aromatic heterocycles. The zero-order chi connectivity index (χ0) is 26.7. The fraction of sp³-hybridized carbons (Fsp3) is 0.423. The lowest BCUT2D eigenvalue weighted by atomic mass is 9.96. The molecule has 3 saturated heterocycles. The summed E-state index contributed by atoms with van der Waals surface area (Å²) in [5.74, 6) is -1.84. The van der Waals surface area contributed by atoms with Crippen molar-refractivity contribution in [2.24, 2.45) is 0 Å². The van der Waals surface area contributed by atoms with Gasteiger partial charge in [-0.05, 0) is 35.9 Å². The Hall–Kier alpha value is -3.16. The van der Waals surface area contributed by atoms with E-state index in [1.807, 2.05) is 0 Å². The number of likely N-dealkylation sites (tertiary alicyclic amines) is 1. The first-order valence-corrected chi connectivity index (χ1v) is 14.0. The van der Waals surface area contributed by atoms with Crippen molar-refractivity contribution < 1.29 is 32.6 Å². The maximum absolute atomic E-state index is 13.2. The molecule has 1 aromatic carbocycles. The van der Waals surface area contributed by atoms with Crippen LogP contribution in [0.5, 0.6) is 0 Å². The molecule has 0 aliphatic carbocycles. The quantitative estimate of drug-likeness (QED) is 0.308. The zero-order valence-electron chi connectivity index (χ0n) is 20.9. The number of aliphatic hydroxyl groups excluding tert-OH is 1. The molecule has 4 heterocycles. The predicted octanol–water partition coefficient (Wildman–Crippen LogP) is 0.856. The van der Waals surface area contributed by atoms with E-state index in [2.05, 4.69) is 9.88 Å². The summed E-state index contributed by atoms with van der Waals surface area (Å²) in [5.41, 5.74) is 0.793. The second-order valence-corrected chi connectivity index (χ2v) is 11.2. The van der Waals surface area contributed by atoms with E-state index in [4.69, 9.17) is 9.47 Å². The largest absolute Gasteiger partial charge is 0.507 e. The Morgan fingerprint density at radius 3 is 2.24 bits per heavy atom. The van der Waals surface area contributed by atoms with Gasteiger partial charge in [0.2, 0.25) is 10.0 Å². The smallest absolute Gasteiger partial charge is 0.295 e. The molecule has 202 valence electrons. The van der Waals surface area contributed by atoms with E-state index in [1.165, 1.54) is 33.5 Å². The molecular weight excluding hydrogens is 512 g/mol. The van der Waals surface area contributed by atoms with Crippen LogP contribution in [0.15, 0.2) is 59.3 Å². The maximum Gasteiger partial charge on any atom is 0.295 e. The van der Waals surface area contributed by atoms with Crippen molar-refractivity contribution in [3.8, 4) is 0 Å². The van der Waals surface area contributed by atoms with Crippen molar-refractivity contribution in [2.75, 3.05) is 65.7 Å². The number of morpholine rings is 2. The van der Waals surface area contributed by atoms with E-state index in [0.717, 1.165) is 13.1 Å². The third-order valence-corrected chi connectivity index (χ3v) is 8.95.